The van der Waals surface area contributed by atoms with Crippen LogP contribution in [0.25, 0.3) is 10.8 Å². The van der Waals surface area contributed by atoms with Gasteiger partial charge >= 0.3 is 6.09 Å². The number of amides is 4. The van der Waals surface area contributed by atoms with Gasteiger partial charge in [0.25, 0.3) is 5.91 Å². The van der Waals surface area contributed by atoms with Gasteiger partial charge < -0.3 is 31.1 Å². The molecule has 4 amide bonds. The summed E-state index contributed by atoms with van der Waals surface area (Å²) in [6.07, 6.45) is -0.650. The Bertz CT molecular complexity index is 1430. The average molecular weight is 577 g/mol. The van der Waals surface area contributed by atoms with E-state index in [9.17, 15) is 24.3 Å². The number of hydrogen-bond acceptors (Lipinski definition) is 6. The molecule has 3 aromatic carbocycles. The van der Waals surface area contributed by atoms with E-state index in [1.165, 1.54) is 17.0 Å². The molecule has 10 nitrogen and oxygen atoms in total. The molecule has 3 aromatic rings. The zero-order valence-corrected chi connectivity index (χ0v) is 24.7. The minimum atomic E-state index is -1.21. The first-order chi connectivity index (χ1) is 19.8. The number of benzene rings is 3. The van der Waals surface area contributed by atoms with Gasteiger partial charge in [-0.15, -0.1) is 0 Å². The van der Waals surface area contributed by atoms with Crippen LogP contribution in [0.5, 0.6) is 5.75 Å². The molecule has 0 heterocycles. The third-order valence-corrected chi connectivity index (χ3v) is 6.72. The summed E-state index contributed by atoms with van der Waals surface area (Å²) >= 11 is 0. The van der Waals surface area contributed by atoms with Crippen LogP contribution in [0, 0.1) is 0 Å². The number of nitrogens with two attached hydrogens (primary N) is 1. The molecule has 0 radical (unpaired) electrons. The number of aromatic hydroxyl groups is 1. The van der Waals surface area contributed by atoms with Crippen molar-refractivity contribution in [2.45, 2.75) is 77.6 Å². The molecule has 0 spiro atoms. The summed E-state index contributed by atoms with van der Waals surface area (Å²) < 4.78 is 5.36. The summed E-state index contributed by atoms with van der Waals surface area (Å²) in [5, 5.41) is 17.7. The van der Waals surface area contributed by atoms with Gasteiger partial charge in [0, 0.05) is 18.2 Å². The number of fused-ring (bicyclic) bond motifs is 1. The van der Waals surface area contributed by atoms with E-state index in [1.54, 1.807) is 45.9 Å². The molecule has 224 valence electrons. The Morgan fingerprint density at radius 3 is 2.29 bits per heavy atom. The van der Waals surface area contributed by atoms with E-state index in [0.717, 1.165) is 10.8 Å². The number of nitrogens with zero attached hydrogens (tertiary/aromatic N) is 1. The van der Waals surface area contributed by atoms with E-state index < -0.39 is 47.5 Å². The number of carbonyl (C=O) groups excluding carboxylic acids is 4. The Labute approximate surface area is 246 Å². The normalized spacial score (nSPS) is 13.5. The largest absolute Gasteiger partial charge is 0.508 e. The van der Waals surface area contributed by atoms with Crippen LogP contribution >= 0.6 is 0 Å². The number of alkyl carbamates (subject to hydrolysis) is 1. The van der Waals surface area contributed by atoms with E-state index in [2.05, 4.69) is 10.6 Å². The fourth-order valence-corrected chi connectivity index (χ4v) is 4.58. The van der Waals surface area contributed by atoms with Crippen molar-refractivity contribution < 1.29 is 29.0 Å². The third-order valence-electron chi connectivity index (χ3n) is 6.72. The number of ether oxygens (including phenoxy) is 1. The first kappa shape index (κ1) is 31.9. The molecule has 0 saturated carbocycles. The summed E-state index contributed by atoms with van der Waals surface area (Å²) in [6.45, 7) is 8.72. The second kappa shape index (κ2) is 13.8. The minimum absolute atomic E-state index is 0.0790. The fraction of sp³-hybridized carbons (Fsp3) is 0.375. The predicted molar refractivity (Wildman–Crippen MR) is 162 cm³/mol. The Kier molecular flexibility index (Phi) is 10.5. The predicted octanol–water partition coefficient (Wildman–Crippen LogP) is 5.01. The zero-order valence-electron chi connectivity index (χ0n) is 24.7. The molecular formula is C32H40N4O6. The smallest absolute Gasteiger partial charge is 0.408 e. The average Bonchev–Trinajstić information content (AvgIpc) is 2.91. The molecule has 0 aliphatic rings. The van der Waals surface area contributed by atoms with Gasteiger partial charge in [-0.3, -0.25) is 14.4 Å². The van der Waals surface area contributed by atoms with E-state index in [1.807, 2.05) is 43.3 Å². The zero-order chi connectivity index (χ0) is 31.0. The molecule has 42 heavy (non-hydrogen) atoms. The number of anilines is 1. The van der Waals surface area contributed by atoms with Crippen LogP contribution in [0.3, 0.4) is 0 Å². The van der Waals surface area contributed by atoms with Crippen molar-refractivity contribution in [2.24, 2.45) is 5.73 Å². The number of primary amides is 1. The topological polar surface area (TPSA) is 151 Å². The van der Waals surface area contributed by atoms with Gasteiger partial charge in [-0.25, -0.2) is 4.79 Å². The summed E-state index contributed by atoms with van der Waals surface area (Å²) in [5.74, 6) is -1.84. The lowest BCUT2D eigenvalue weighted by molar-refractivity contribution is -0.143. The second-order valence-corrected chi connectivity index (χ2v) is 11.3. The molecular weight excluding hydrogens is 536 g/mol. The minimum Gasteiger partial charge on any atom is -0.508 e. The van der Waals surface area contributed by atoms with Crippen molar-refractivity contribution in [2.75, 3.05) is 5.32 Å². The van der Waals surface area contributed by atoms with Crippen molar-refractivity contribution in [3.05, 3.63) is 72.3 Å². The van der Waals surface area contributed by atoms with Gasteiger partial charge in [0.2, 0.25) is 11.8 Å². The van der Waals surface area contributed by atoms with E-state index >= 15 is 0 Å². The summed E-state index contributed by atoms with van der Waals surface area (Å²) in [6, 6.07) is 16.4. The molecule has 0 aliphatic heterocycles. The van der Waals surface area contributed by atoms with Crippen LogP contribution in [0.2, 0.25) is 0 Å². The van der Waals surface area contributed by atoms with Gasteiger partial charge in [0.05, 0.1) is 0 Å². The van der Waals surface area contributed by atoms with Crippen molar-refractivity contribution >= 4 is 40.3 Å². The quantitative estimate of drug-likeness (QED) is 0.252. The van der Waals surface area contributed by atoms with Crippen molar-refractivity contribution in [1.82, 2.24) is 10.2 Å². The maximum atomic E-state index is 14.2. The van der Waals surface area contributed by atoms with Gasteiger partial charge in [-0.2, -0.15) is 0 Å². The molecule has 0 aromatic heterocycles. The Balaban J connectivity index is 2.05. The highest BCUT2D eigenvalue weighted by Gasteiger charge is 2.38. The van der Waals surface area contributed by atoms with Gasteiger partial charge in [-0.05, 0) is 81.1 Å². The number of phenols is 1. The number of phenolic OH excluding ortho intramolecular Hbond substituents is 1. The molecule has 0 fully saturated rings. The second-order valence-electron chi connectivity index (χ2n) is 11.3. The van der Waals surface area contributed by atoms with Gasteiger partial charge in [0.1, 0.15) is 23.4 Å². The standard InChI is InChI=1S/C32H40N4O6/c1-6-20(2)36(30(40)26(16-17-27(33)38)35-31(41)42-32(3,4)5)28(23-12-9-13-25(37)19-23)29(39)34-24-15-14-21-10-7-8-11-22(21)18-24/h7-15,18-20,26,28,37H,6,16-17H2,1-5H3,(H2,33,38)(H,34,39)(H,35,41). The van der Waals surface area contributed by atoms with Crippen LogP contribution in [0.1, 0.15) is 65.5 Å². The first-order valence-corrected chi connectivity index (χ1v) is 14.0. The lowest BCUT2D eigenvalue weighted by Crippen LogP contribution is -2.55. The summed E-state index contributed by atoms with van der Waals surface area (Å²) in [4.78, 5) is 54.1. The summed E-state index contributed by atoms with van der Waals surface area (Å²) in [7, 11) is 0. The Hall–Kier alpha value is -4.60. The lowest BCUT2D eigenvalue weighted by Gasteiger charge is -2.38. The highest BCUT2D eigenvalue weighted by atomic mass is 16.6. The number of carbonyl (C=O) groups is 4. The molecule has 0 saturated heterocycles. The van der Waals surface area contributed by atoms with Crippen molar-refractivity contribution in [3.8, 4) is 5.75 Å². The molecule has 0 bridgehead atoms. The Morgan fingerprint density at radius 2 is 1.67 bits per heavy atom. The van der Waals surface area contributed by atoms with Crippen molar-refractivity contribution in [1.29, 1.82) is 0 Å². The monoisotopic (exact) mass is 576 g/mol. The first-order valence-electron chi connectivity index (χ1n) is 14.0. The highest BCUT2D eigenvalue weighted by molar-refractivity contribution is 6.00. The lowest BCUT2D eigenvalue weighted by atomic mass is 9.98. The molecule has 3 rings (SSSR count). The highest BCUT2D eigenvalue weighted by Crippen LogP contribution is 2.30. The van der Waals surface area contributed by atoms with E-state index in [0.29, 0.717) is 17.7 Å². The number of nitrogens with one attached hydrogen (secondary N) is 2. The molecule has 5 N–H and O–H groups in total. The van der Waals surface area contributed by atoms with Crippen LogP contribution in [0.4, 0.5) is 10.5 Å². The van der Waals surface area contributed by atoms with E-state index in [4.69, 9.17) is 10.5 Å². The van der Waals surface area contributed by atoms with Crippen LogP contribution in [-0.4, -0.2) is 51.5 Å². The van der Waals surface area contributed by atoms with E-state index in [-0.39, 0.29) is 18.6 Å². The Morgan fingerprint density at radius 1 is 0.976 bits per heavy atom. The van der Waals surface area contributed by atoms with Crippen LogP contribution < -0.4 is 16.4 Å². The van der Waals surface area contributed by atoms with Crippen LogP contribution in [-0.2, 0) is 19.1 Å². The van der Waals surface area contributed by atoms with Gasteiger partial charge in [-0.1, -0.05) is 49.4 Å². The molecule has 10 heteroatoms. The van der Waals surface area contributed by atoms with Crippen LogP contribution in [0.15, 0.2) is 66.7 Å². The third kappa shape index (κ3) is 8.70. The fourth-order valence-electron chi connectivity index (χ4n) is 4.58. The van der Waals surface area contributed by atoms with Crippen molar-refractivity contribution in [3.63, 3.8) is 0 Å². The SMILES string of the molecule is CCC(C)N(C(=O)C(CCC(N)=O)NC(=O)OC(C)(C)C)C(C(=O)Nc1ccc2ccccc2c1)c1cccc(O)c1. The maximum absolute atomic E-state index is 14.2. The number of hydrogen-bond donors (Lipinski definition) is 4. The number of rotatable bonds is 11. The molecule has 3 atom stereocenters. The molecule has 0 aliphatic carbocycles. The molecule has 3 unspecified atom stereocenters. The summed E-state index contributed by atoms with van der Waals surface area (Å²) in [5.41, 5.74) is 5.44. The maximum Gasteiger partial charge on any atom is 0.408 e. The van der Waals surface area contributed by atoms with Gasteiger partial charge in [0.15, 0.2) is 0 Å².